The molecular formula is C16H18N2O. The van der Waals surface area contributed by atoms with Gasteiger partial charge in [-0.25, -0.2) is 0 Å². The molecular weight excluding hydrogens is 236 g/mol. The molecule has 1 aliphatic carbocycles. The molecule has 1 amide bonds. The SMILES string of the molecule is CC1Cc2[nH]c3ccccc3c2CC12CCNC2=O. The quantitative estimate of drug-likeness (QED) is 0.745. The van der Waals surface area contributed by atoms with Crippen molar-refractivity contribution >= 4 is 16.8 Å². The molecule has 2 atom stereocenters. The summed E-state index contributed by atoms with van der Waals surface area (Å²) >= 11 is 0. The summed E-state index contributed by atoms with van der Waals surface area (Å²) in [5, 5.41) is 4.33. The zero-order valence-electron chi connectivity index (χ0n) is 11.1. The number of carbonyl (C=O) groups is 1. The molecule has 0 radical (unpaired) electrons. The van der Waals surface area contributed by atoms with Crippen molar-refractivity contribution < 1.29 is 4.79 Å². The van der Waals surface area contributed by atoms with Crippen LogP contribution in [0.25, 0.3) is 10.9 Å². The molecule has 19 heavy (non-hydrogen) atoms. The summed E-state index contributed by atoms with van der Waals surface area (Å²) in [6.07, 6.45) is 2.85. The molecule has 1 aromatic heterocycles. The molecule has 2 aliphatic rings. The third kappa shape index (κ3) is 1.36. The first-order valence-electron chi connectivity index (χ1n) is 7.07. The van der Waals surface area contributed by atoms with Crippen LogP contribution >= 0.6 is 0 Å². The number of hydrogen-bond donors (Lipinski definition) is 2. The second-order valence-corrected chi connectivity index (χ2v) is 6.07. The summed E-state index contributed by atoms with van der Waals surface area (Å²) in [7, 11) is 0. The number of amides is 1. The van der Waals surface area contributed by atoms with Crippen molar-refractivity contribution in [3.8, 4) is 0 Å². The standard InChI is InChI=1S/C16H18N2O/c1-10-8-14-12(9-16(10)6-7-17-15(16)19)11-4-2-3-5-13(11)18-14/h2-5,10,18H,6-9H2,1H3,(H,17,19). The van der Waals surface area contributed by atoms with Gasteiger partial charge in [-0.2, -0.15) is 0 Å². The third-order valence-corrected chi connectivity index (χ3v) is 5.16. The largest absolute Gasteiger partial charge is 0.358 e. The molecule has 4 rings (SSSR count). The number of hydrogen-bond acceptors (Lipinski definition) is 1. The second-order valence-electron chi connectivity index (χ2n) is 6.07. The van der Waals surface area contributed by atoms with Crippen LogP contribution in [0.5, 0.6) is 0 Å². The van der Waals surface area contributed by atoms with Crippen LogP contribution in [0.3, 0.4) is 0 Å². The molecule has 1 saturated heterocycles. The lowest BCUT2D eigenvalue weighted by Crippen LogP contribution is -2.42. The minimum absolute atomic E-state index is 0.169. The number of fused-ring (bicyclic) bond motifs is 3. The van der Waals surface area contributed by atoms with Crippen LogP contribution < -0.4 is 5.32 Å². The Morgan fingerprint density at radius 3 is 2.95 bits per heavy atom. The number of aromatic amines is 1. The van der Waals surface area contributed by atoms with Crippen molar-refractivity contribution in [3.05, 3.63) is 35.5 Å². The smallest absolute Gasteiger partial charge is 0.226 e. The van der Waals surface area contributed by atoms with Gasteiger partial charge in [-0.3, -0.25) is 4.79 Å². The van der Waals surface area contributed by atoms with Crippen molar-refractivity contribution in [2.45, 2.75) is 26.2 Å². The highest BCUT2D eigenvalue weighted by Gasteiger charge is 2.49. The number of nitrogens with one attached hydrogen (secondary N) is 2. The Morgan fingerprint density at radius 2 is 2.16 bits per heavy atom. The van der Waals surface area contributed by atoms with Crippen molar-refractivity contribution in [1.29, 1.82) is 0 Å². The Balaban J connectivity index is 1.90. The maximum Gasteiger partial charge on any atom is 0.226 e. The maximum absolute atomic E-state index is 12.3. The van der Waals surface area contributed by atoms with E-state index in [1.54, 1.807) is 0 Å². The molecule has 0 bridgehead atoms. The van der Waals surface area contributed by atoms with Gasteiger partial charge in [0.05, 0.1) is 5.41 Å². The minimum Gasteiger partial charge on any atom is -0.358 e. The van der Waals surface area contributed by atoms with Crippen LogP contribution in [-0.2, 0) is 17.6 Å². The van der Waals surface area contributed by atoms with Crippen molar-refractivity contribution in [2.75, 3.05) is 6.54 Å². The lowest BCUT2D eigenvalue weighted by Gasteiger charge is -2.37. The van der Waals surface area contributed by atoms with Crippen LogP contribution in [0.15, 0.2) is 24.3 Å². The Morgan fingerprint density at radius 1 is 1.32 bits per heavy atom. The first-order chi connectivity index (χ1) is 9.21. The predicted molar refractivity (Wildman–Crippen MR) is 74.9 cm³/mol. The van der Waals surface area contributed by atoms with Gasteiger partial charge in [-0.1, -0.05) is 25.1 Å². The van der Waals surface area contributed by atoms with E-state index in [-0.39, 0.29) is 11.3 Å². The Hall–Kier alpha value is -1.77. The van der Waals surface area contributed by atoms with E-state index in [2.05, 4.69) is 41.5 Å². The third-order valence-electron chi connectivity index (χ3n) is 5.16. The van der Waals surface area contributed by atoms with E-state index in [0.717, 1.165) is 25.8 Å². The lowest BCUT2D eigenvalue weighted by molar-refractivity contribution is -0.130. The fourth-order valence-electron chi connectivity index (χ4n) is 3.95. The number of para-hydroxylation sites is 1. The van der Waals surface area contributed by atoms with E-state index in [1.165, 1.54) is 22.2 Å². The van der Waals surface area contributed by atoms with E-state index in [9.17, 15) is 4.79 Å². The Bertz CT molecular complexity index is 672. The van der Waals surface area contributed by atoms with E-state index in [0.29, 0.717) is 5.92 Å². The van der Waals surface area contributed by atoms with Gasteiger partial charge in [0.2, 0.25) is 5.91 Å². The van der Waals surface area contributed by atoms with Crippen molar-refractivity contribution in [3.63, 3.8) is 0 Å². The summed E-state index contributed by atoms with van der Waals surface area (Å²) in [5.74, 6) is 0.673. The normalized spacial score (nSPS) is 29.7. The Kier molecular flexibility index (Phi) is 2.12. The van der Waals surface area contributed by atoms with Crippen LogP contribution in [0.1, 0.15) is 24.6 Å². The van der Waals surface area contributed by atoms with Crippen LogP contribution in [-0.4, -0.2) is 17.4 Å². The van der Waals surface area contributed by atoms with Crippen LogP contribution in [0, 0.1) is 11.3 Å². The summed E-state index contributed by atoms with van der Waals surface area (Å²) in [6, 6.07) is 8.43. The van der Waals surface area contributed by atoms with Crippen LogP contribution in [0.2, 0.25) is 0 Å². The minimum atomic E-state index is -0.169. The van der Waals surface area contributed by atoms with Gasteiger partial charge in [0, 0.05) is 23.1 Å². The molecule has 2 unspecified atom stereocenters. The molecule has 98 valence electrons. The number of rotatable bonds is 0. The van der Waals surface area contributed by atoms with Gasteiger partial charge in [0.1, 0.15) is 0 Å². The molecule has 2 aromatic rings. The van der Waals surface area contributed by atoms with Crippen molar-refractivity contribution in [2.24, 2.45) is 11.3 Å². The predicted octanol–water partition coefficient (Wildman–Crippen LogP) is 2.41. The fraction of sp³-hybridized carbons (Fsp3) is 0.438. The highest BCUT2D eigenvalue weighted by Crippen LogP contribution is 2.46. The molecule has 1 aromatic carbocycles. The van der Waals surface area contributed by atoms with Gasteiger partial charge in [-0.15, -0.1) is 0 Å². The molecule has 2 N–H and O–H groups in total. The molecule has 2 heterocycles. The lowest BCUT2D eigenvalue weighted by atomic mass is 9.65. The van der Waals surface area contributed by atoms with E-state index < -0.39 is 0 Å². The van der Waals surface area contributed by atoms with E-state index >= 15 is 0 Å². The molecule has 3 nitrogen and oxygen atoms in total. The zero-order valence-corrected chi connectivity index (χ0v) is 11.1. The van der Waals surface area contributed by atoms with Gasteiger partial charge in [-0.05, 0) is 36.8 Å². The highest BCUT2D eigenvalue weighted by molar-refractivity contribution is 5.89. The van der Waals surface area contributed by atoms with Crippen LogP contribution in [0.4, 0.5) is 0 Å². The molecule has 3 heteroatoms. The number of benzene rings is 1. The molecule has 0 saturated carbocycles. The summed E-state index contributed by atoms with van der Waals surface area (Å²) in [4.78, 5) is 15.8. The Labute approximate surface area is 112 Å². The molecule has 1 aliphatic heterocycles. The molecule has 1 fully saturated rings. The molecule has 1 spiro atoms. The first-order valence-corrected chi connectivity index (χ1v) is 7.07. The number of aromatic nitrogens is 1. The fourth-order valence-corrected chi connectivity index (χ4v) is 3.95. The highest BCUT2D eigenvalue weighted by atomic mass is 16.2. The summed E-state index contributed by atoms with van der Waals surface area (Å²) in [6.45, 7) is 3.06. The summed E-state index contributed by atoms with van der Waals surface area (Å²) < 4.78 is 0. The van der Waals surface area contributed by atoms with Gasteiger partial charge in [0.15, 0.2) is 0 Å². The number of carbonyl (C=O) groups excluding carboxylic acids is 1. The van der Waals surface area contributed by atoms with Gasteiger partial charge in [0.25, 0.3) is 0 Å². The van der Waals surface area contributed by atoms with Crippen molar-refractivity contribution in [1.82, 2.24) is 10.3 Å². The number of H-pyrrole nitrogens is 1. The van der Waals surface area contributed by atoms with E-state index in [4.69, 9.17) is 0 Å². The zero-order chi connectivity index (χ0) is 13.0. The van der Waals surface area contributed by atoms with Gasteiger partial charge < -0.3 is 10.3 Å². The second kappa shape index (κ2) is 3.62. The van der Waals surface area contributed by atoms with Gasteiger partial charge >= 0.3 is 0 Å². The van der Waals surface area contributed by atoms with E-state index in [1.807, 2.05) is 0 Å². The maximum atomic E-state index is 12.3. The summed E-state index contributed by atoms with van der Waals surface area (Å²) in [5.41, 5.74) is 3.73. The monoisotopic (exact) mass is 254 g/mol. The first kappa shape index (κ1) is 11.1. The average molecular weight is 254 g/mol. The topological polar surface area (TPSA) is 44.9 Å². The average Bonchev–Trinajstić information content (AvgIpc) is 2.93.